The Kier molecular flexibility index (Phi) is 9.60. The molecule has 4 N–H and O–H groups in total. The predicted molar refractivity (Wildman–Crippen MR) is 98.9 cm³/mol. The molecule has 0 bridgehead atoms. The second kappa shape index (κ2) is 11.7. The van der Waals surface area contributed by atoms with Gasteiger partial charge in [0, 0.05) is 6.54 Å². The largest absolute Gasteiger partial charge is 0.480 e. The Labute approximate surface area is 158 Å². The van der Waals surface area contributed by atoms with E-state index in [1.807, 2.05) is 32.0 Å². The second-order valence-corrected chi connectivity index (χ2v) is 6.28. The molecule has 0 aliphatic heterocycles. The standard InChI is InChI=1S/C19H26N2O6/c1-13(2)8-9-16(18(24)25)21-17(23)10-15(22)11-20-19(26)27-12-14-6-4-3-5-7-14/h3-8,15-16,22H,9-12H2,1-2H3,(H,20,26)(H,21,23)(H,24,25)/t15-,16+/m1/s1. The van der Waals surface area contributed by atoms with Crippen molar-refractivity contribution in [3.05, 3.63) is 47.5 Å². The summed E-state index contributed by atoms with van der Waals surface area (Å²) in [5.41, 5.74) is 1.76. The highest BCUT2D eigenvalue weighted by Crippen LogP contribution is 2.02. The van der Waals surface area contributed by atoms with Gasteiger partial charge in [-0.1, -0.05) is 42.0 Å². The van der Waals surface area contributed by atoms with Crippen LogP contribution in [-0.2, 0) is 20.9 Å². The van der Waals surface area contributed by atoms with Gasteiger partial charge in [0.15, 0.2) is 0 Å². The molecule has 27 heavy (non-hydrogen) atoms. The minimum atomic E-state index is -1.16. The SMILES string of the molecule is CC(C)=CC[C@H](NC(=O)C[C@@H](O)CNC(=O)OCc1ccccc1)C(=O)O. The maximum absolute atomic E-state index is 11.9. The van der Waals surface area contributed by atoms with Gasteiger partial charge in [-0.25, -0.2) is 9.59 Å². The summed E-state index contributed by atoms with van der Waals surface area (Å²) in [6.45, 7) is 3.56. The Morgan fingerprint density at radius 3 is 2.44 bits per heavy atom. The van der Waals surface area contributed by atoms with Crippen molar-refractivity contribution in [2.24, 2.45) is 0 Å². The van der Waals surface area contributed by atoms with Gasteiger partial charge in [0.25, 0.3) is 0 Å². The quantitative estimate of drug-likeness (QED) is 0.458. The highest BCUT2D eigenvalue weighted by Gasteiger charge is 2.20. The molecule has 0 aliphatic carbocycles. The van der Waals surface area contributed by atoms with Crippen molar-refractivity contribution < 1.29 is 29.3 Å². The maximum atomic E-state index is 11.9. The molecule has 0 aliphatic rings. The van der Waals surface area contributed by atoms with E-state index in [4.69, 9.17) is 9.84 Å². The third-order valence-corrected chi connectivity index (χ3v) is 3.51. The molecule has 1 rings (SSSR count). The molecule has 2 atom stereocenters. The van der Waals surface area contributed by atoms with Gasteiger partial charge in [-0.2, -0.15) is 0 Å². The van der Waals surface area contributed by atoms with E-state index in [0.29, 0.717) is 0 Å². The molecule has 2 amide bonds. The first kappa shape index (κ1) is 22.2. The van der Waals surface area contributed by atoms with E-state index in [2.05, 4.69) is 10.6 Å². The molecule has 1 aromatic rings. The third-order valence-electron chi connectivity index (χ3n) is 3.51. The number of allylic oxidation sites excluding steroid dienone is 1. The van der Waals surface area contributed by atoms with Crippen molar-refractivity contribution in [1.29, 1.82) is 0 Å². The van der Waals surface area contributed by atoms with Crippen LogP contribution in [0.2, 0.25) is 0 Å². The lowest BCUT2D eigenvalue weighted by Gasteiger charge is -2.15. The minimum absolute atomic E-state index is 0.0912. The van der Waals surface area contributed by atoms with E-state index in [1.54, 1.807) is 18.2 Å². The van der Waals surface area contributed by atoms with Crippen LogP contribution in [0.1, 0.15) is 32.3 Å². The van der Waals surface area contributed by atoms with Gasteiger partial charge >= 0.3 is 12.1 Å². The summed E-state index contributed by atoms with van der Waals surface area (Å²) in [4.78, 5) is 34.6. The van der Waals surface area contributed by atoms with Crippen LogP contribution in [-0.4, -0.2) is 46.9 Å². The van der Waals surface area contributed by atoms with Gasteiger partial charge in [-0.15, -0.1) is 0 Å². The summed E-state index contributed by atoms with van der Waals surface area (Å²) in [7, 11) is 0. The molecule has 148 valence electrons. The average molecular weight is 378 g/mol. The van der Waals surface area contributed by atoms with Gasteiger partial charge < -0.3 is 25.6 Å². The Bertz CT molecular complexity index is 655. The molecule has 1 aromatic carbocycles. The Hall–Kier alpha value is -2.87. The van der Waals surface area contributed by atoms with Crippen molar-refractivity contribution in [1.82, 2.24) is 10.6 Å². The van der Waals surface area contributed by atoms with E-state index in [0.717, 1.165) is 11.1 Å². The number of rotatable bonds is 10. The van der Waals surface area contributed by atoms with Crippen LogP contribution in [0, 0.1) is 0 Å². The van der Waals surface area contributed by atoms with Crippen LogP contribution in [0.15, 0.2) is 42.0 Å². The highest BCUT2D eigenvalue weighted by molar-refractivity contribution is 5.83. The molecular formula is C19H26N2O6. The number of carboxylic acid groups (broad SMARTS) is 1. The second-order valence-electron chi connectivity index (χ2n) is 6.28. The lowest BCUT2D eigenvalue weighted by Crippen LogP contribution is -2.43. The number of nitrogens with one attached hydrogen (secondary N) is 2. The molecular weight excluding hydrogens is 352 g/mol. The molecule has 0 heterocycles. The van der Waals surface area contributed by atoms with Crippen LogP contribution in [0.4, 0.5) is 4.79 Å². The molecule has 8 nitrogen and oxygen atoms in total. The maximum Gasteiger partial charge on any atom is 0.407 e. The average Bonchev–Trinajstić information content (AvgIpc) is 2.62. The number of amides is 2. The zero-order valence-corrected chi connectivity index (χ0v) is 15.5. The van der Waals surface area contributed by atoms with Crippen LogP contribution < -0.4 is 10.6 Å². The van der Waals surface area contributed by atoms with Gasteiger partial charge in [-0.3, -0.25) is 4.79 Å². The van der Waals surface area contributed by atoms with Gasteiger partial charge in [0.05, 0.1) is 12.5 Å². The number of ether oxygens (including phenoxy) is 1. The number of carbonyl (C=O) groups is 3. The molecule has 0 saturated heterocycles. The number of carboxylic acids is 1. The number of aliphatic hydroxyl groups excluding tert-OH is 1. The van der Waals surface area contributed by atoms with Crippen LogP contribution in [0.5, 0.6) is 0 Å². The van der Waals surface area contributed by atoms with Crippen LogP contribution in [0.3, 0.4) is 0 Å². The molecule has 0 spiro atoms. The van der Waals surface area contributed by atoms with Gasteiger partial charge in [0.2, 0.25) is 5.91 Å². The fraction of sp³-hybridized carbons (Fsp3) is 0.421. The van der Waals surface area contributed by atoms with E-state index in [1.165, 1.54) is 0 Å². The van der Waals surface area contributed by atoms with Crippen molar-refractivity contribution in [3.8, 4) is 0 Å². The Morgan fingerprint density at radius 2 is 1.85 bits per heavy atom. The first-order chi connectivity index (χ1) is 12.8. The van der Waals surface area contributed by atoms with E-state index >= 15 is 0 Å². The van der Waals surface area contributed by atoms with E-state index in [9.17, 15) is 19.5 Å². The van der Waals surface area contributed by atoms with Gasteiger partial charge in [0.1, 0.15) is 12.6 Å². The summed E-state index contributed by atoms with van der Waals surface area (Å²) in [6, 6.07) is 8.03. The number of aliphatic carboxylic acids is 1. The van der Waals surface area contributed by atoms with E-state index in [-0.39, 0.29) is 26.0 Å². The van der Waals surface area contributed by atoms with Crippen LogP contribution in [0.25, 0.3) is 0 Å². The summed E-state index contributed by atoms with van der Waals surface area (Å²) < 4.78 is 4.99. The lowest BCUT2D eigenvalue weighted by molar-refractivity contribution is -0.142. The number of carbonyl (C=O) groups excluding carboxylic acids is 2. The lowest BCUT2D eigenvalue weighted by atomic mass is 10.1. The minimum Gasteiger partial charge on any atom is -0.480 e. The van der Waals surface area contributed by atoms with Gasteiger partial charge in [-0.05, 0) is 25.8 Å². The monoisotopic (exact) mass is 378 g/mol. The molecule has 0 radical (unpaired) electrons. The predicted octanol–water partition coefficient (Wildman–Crippen LogP) is 1.59. The fourth-order valence-electron chi connectivity index (χ4n) is 2.09. The highest BCUT2D eigenvalue weighted by atomic mass is 16.5. The van der Waals surface area contributed by atoms with E-state index < -0.39 is 30.1 Å². The summed E-state index contributed by atoms with van der Waals surface area (Å²) in [5.74, 6) is -1.77. The molecule has 0 unspecified atom stereocenters. The van der Waals surface area contributed by atoms with Crippen LogP contribution >= 0.6 is 0 Å². The van der Waals surface area contributed by atoms with Crippen molar-refractivity contribution in [3.63, 3.8) is 0 Å². The number of alkyl carbamates (subject to hydrolysis) is 1. The number of benzene rings is 1. The topological polar surface area (TPSA) is 125 Å². The first-order valence-electron chi connectivity index (χ1n) is 8.56. The van der Waals surface area contributed by atoms with Crippen molar-refractivity contribution in [2.45, 2.75) is 45.4 Å². The molecule has 0 aromatic heterocycles. The normalized spacial score (nSPS) is 12.4. The zero-order valence-electron chi connectivity index (χ0n) is 15.5. The Balaban J connectivity index is 2.32. The number of aliphatic hydroxyl groups is 1. The first-order valence-corrected chi connectivity index (χ1v) is 8.56. The number of hydrogen-bond donors (Lipinski definition) is 4. The Morgan fingerprint density at radius 1 is 1.19 bits per heavy atom. The van der Waals surface area contributed by atoms with Crippen molar-refractivity contribution >= 4 is 18.0 Å². The summed E-state index contributed by atoms with van der Waals surface area (Å²) in [6.07, 6.45) is -0.349. The fourth-order valence-corrected chi connectivity index (χ4v) is 2.09. The third kappa shape index (κ3) is 10.0. The summed E-state index contributed by atoms with van der Waals surface area (Å²) >= 11 is 0. The molecule has 8 heteroatoms. The smallest absolute Gasteiger partial charge is 0.407 e. The molecule has 0 fully saturated rings. The zero-order chi connectivity index (χ0) is 20.2. The summed E-state index contributed by atoms with van der Waals surface area (Å²) in [5, 5.41) is 23.7. The van der Waals surface area contributed by atoms with Crippen molar-refractivity contribution in [2.75, 3.05) is 6.54 Å². The molecule has 0 saturated carbocycles. The number of hydrogen-bond acceptors (Lipinski definition) is 5.